The van der Waals surface area contributed by atoms with E-state index in [2.05, 4.69) is 10.3 Å². The molecule has 1 N–H and O–H groups in total. The van der Waals surface area contributed by atoms with Gasteiger partial charge in [0, 0.05) is 4.88 Å². The van der Waals surface area contributed by atoms with Gasteiger partial charge in [-0.3, -0.25) is 4.79 Å². The molecule has 5 heteroatoms. The molecule has 2 rings (SSSR count). The lowest BCUT2D eigenvalue weighted by atomic mass is 10.2. The van der Waals surface area contributed by atoms with Crippen LogP contribution in [0.25, 0.3) is 0 Å². The van der Waals surface area contributed by atoms with Crippen molar-refractivity contribution in [2.24, 2.45) is 0 Å². The molecule has 0 saturated carbocycles. The van der Waals surface area contributed by atoms with Crippen LogP contribution < -0.4 is 10.1 Å². The number of aromatic nitrogens is 1. The minimum atomic E-state index is -0.142. The van der Waals surface area contributed by atoms with Gasteiger partial charge in [0.15, 0.2) is 0 Å². The monoisotopic (exact) mass is 304 g/mol. The molecule has 0 atom stereocenters. The first kappa shape index (κ1) is 15.5. The predicted octanol–water partition coefficient (Wildman–Crippen LogP) is 3.48. The number of para-hydroxylation sites is 1. The predicted molar refractivity (Wildman–Crippen MR) is 85.0 cm³/mol. The maximum absolute atomic E-state index is 12.3. The number of hydrogen-bond donors (Lipinski definition) is 1. The van der Waals surface area contributed by atoms with Crippen molar-refractivity contribution in [1.82, 2.24) is 10.3 Å². The summed E-state index contributed by atoms with van der Waals surface area (Å²) in [5.74, 6) is 0.466. The first-order valence-corrected chi connectivity index (χ1v) is 7.76. The zero-order chi connectivity index (χ0) is 15.4. The van der Waals surface area contributed by atoms with Crippen LogP contribution in [0.1, 0.15) is 39.8 Å². The molecule has 0 spiro atoms. The first-order chi connectivity index (χ1) is 9.97. The van der Waals surface area contributed by atoms with Crippen molar-refractivity contribution in [2.45, 2.75) is 40.3 Å². The second kappa shape index (κ2) is 6.72. The number of aryl methyl sites for hydroxylation is 2. The summed E-state index contributed by atoms with van der Waals surface area (Å²) in [4.78, 5) is 17.9. The van der Waals surface area contributed by atoms with Gasteiger partial charge in [-0.05, 0) is 39.8 Å². The molecular formula is C16H20N2O2S. The maximum Gasteiger partial charge on any atom is 0.255 e. The molecule has 1 heterocycles. The van der Waals surface area contributed by atoms with Gasteiger partial charge in [-0.15, -0.1) is 11.3 Å². The van der Waals surface area contributed by atoms with Crippen molar-refractivity contribution in [3.05, 3.63) is 45.4 Å². The van der Waals surface area contributed by atoms with Crippen molar-refractivity contribution in [3.8, 4) is 5.75 Å². The summed E-state index contributed by atoms with van der Waals surface area (Å²) in [7, 11) is 0. The first-order valence-electron chi connectivity index (χ1n) is 6.94. The number of ether oxygens (including phenoxy) is 1. The Morgan fingerprint density at radius 3 is 2.67 bits per heavy atom. The smallest absolute Gasteiger partial charge is 0.255 e. The van der Waals surface area contributed by atoms with Crippen LogP contribution in [0.4, 0.5) is 0 Å². The number of carbonyl (C=O) groups excluding carboxylic acids is 1. The Bertz CT molecular complexity index is 615. The van der Waals surface area contributed by atoms with E-state index in [0.29, 0.717) is 17.9 Å². The summed E-state index contributed by atoms with van der Waals surface area (Å²) in [6.07, 6.45) is 0.0308. The molecule has 0 radical (unpaired) electrons. The van der Waals surface area contributed by atoms with Crippen LogP contribution in [0.15, 0.2) is 24.3 Å². The van der Waals surface area contributed by atoms with Gasteiger partial charge in [-0.2, -0.15) is 0 Å². The second-order valence-electron chi connectivity index (χ2n) is 5.09. The van der Waals surface area contributed by atoms with E-state index >= 15 is 0 Å². The molecule has 1 amide bonds. The highest BCUT2D eigenvalue weighted by Gasteiger charge is 2.13. The van der Waals surface area contributed by atoms with Crippen LogP contribution in [-0.2, 0) is 6.54 Å². The highest BCUT2D eigenvalue weighted by Crippen LogP contribution is 2.20. The molecule has 0 bridgehead atoms. The van der Waals surface area contributed by atoms with Crippen LogP contribution >= 0.6 is 11.3 Å². The van der Waals surface area contributed by atoms with Crippen LogP contribution in [-0.4, -0.2) is 17.0 Å². The van der Waals surface area contributed by atoms with Crippen molar-refractivity contribution >= 4 is 17.2 Å². The molecule has 1 aromatic carbocycles. The molecule has 0 aliphatic carbocycles. The Balaban J connectivity index is 2.06. The Morgan fingerprint density at radius 2 is 2.05 bits per heavy atom. The molecule has 0 unspecified atom stereocenters. The molecule has 21 heavy (non-hydrogen) atoms. The lowest BCUT2D eigenvalue weighted by Gasteiger charge is -2.13. The number of rotatable bonds is 5. The average molecular weight is 304 g/mol. The van der Waals surface area contributed by atoms with Crippen molar-refractivity contribution in [2.75, 3.05) is 0 Å². The summed E-state index contributed by atoms with van der Waals surface area (Å²) in [5, 5.41) is 3.82. The van der Waals surface area contributed by atoms with E-state index in [4.69, 9.17) is 4.74 Å². The number of amides is 1. The van der Waals surface area contributed by atoms with Gasteiger partial charge in [-0.1, -0.05) is 12.1 Å². The molecule has 1 aromatic heterocycles. The Labute approximate surface area is 129 Å². The molecular weight excluding hydrogens is 284 g/mol. The third-order valence-corrected chi connectivity index (χ3v) is 4.04. The maximum atomic E-state index is 12.3. The topological polar surface area (TPSA) is 51.2 Å². The summed E-state index contributed by atoms with van der Waals surface area (Å²) < 4.78 is 5.67. The molecule has 112 valence electrons. The zero-order valence-electron chi connectivity index (χ0n) is 12.8. The van der Waals surface area contributed by atoms with E-state index in [1.165, 1.54) is 4.88 Å². The van der Waals surface area contributed by atoms with Crippen molar-refractivity contribution in [1.29, 1.82) is 0 Å². The average Bonchev–Trinajstić information content (AvgIpc) is 2.75. The van der Waals surface area contributed by atoms with Gasteiger partial charge in [0.2, 0.25) is 0 Å². The minimum Gasteiger partial charge on any atom is -0.490 e. The van der Waals surface area contributed by atoms with Crippen molar-refractivity contribution < 1.29 is 9.53 Å². The van der Waals surface area contributed by atoms with E-state index in [1.54, 1.807) is 17.4 Å². The quantitative estimate of drug-likeness (QED) is 0.920. The number of benzene rings is 1. The lowest BCUT2D eigenvalue weighted by molar-refractivity contribution is 0.0945. The van der Waals surface area contributed by atoms with Gasteiger partial charge in [-0.25, -0.2) is 4.98 Å². The minimum absolute atomic E-state index is 0.0308. The van der Waals surface area contributed by atoms with Gasteiger partial charge in [0.1, 0.15) is 10.8 Å². The number of nitrogens with one attached hydrogen (secondary N) is 1. The zero-order valence-corrected chi connectivity index (χ0v) is 13.6. The van der Waals surface area contributed by atoms with E-state index < -0.39 is 0 Å². The number of hydrogen-bond acceptors (Lipinski definition) is 4. The Kier molecular flexibility index (Phi) is 4.96. The normalized spacial score (nSPS) is 10.7. The fraction of sp³-hybridized carbons (Fsp3) is 0.375. The lowest BCUT2D eigenvalue weighted by Crippen LogP contribution is -2.24. The summed E-state index contributed by atoms with van der Waals surface area (Å²) in [6, 6.07) is 7.28. The third-order valence-electron chi connectivity index (χ3n) is 2.97. The second-order valence-corrected chi connectivity index (χ2v) is 6.38. The molecule has 0 aliphatic heterocycles. The van der Waals surface area contributed by atoms with Gasteiger partial charge in [0.25, 0.3) is 5.91 Å². The van der Waals surface area contributed by atoms with E-state index in [9.17, 15) is 4.79 Å². The van der Waals surface area contributed by atoms with Gasteiger partial charge in [0.05, 0.1) is 23.9 Å². The van der Waals surface area contributed by atoms with Crippen LogP contribution in [0.5, 0.6) is 5.75 Å². The number of thiazole rings is 1. The highest BCUT2D eigenvalue weighted by atomic mass is 32.1. The fourth-order valence-electron chi connectivity index (χ4n) is 1.88. The standard InChI is InChI=1S/C16H20N2O2S/c1-10(2)20-14-8-6-5-7-13(14)16(19)17-9-15-18-11(3)12(4)21-15/h5-8,10H,9H2,1-4H3,(H,17,19). The SMILES string of the molecule is Cc1nc(CNC(=O)c2ccccc2OC(C)C)sc1C. The van der Waals surface area contributed by atoms with E-state index in [-0.39, 0.29) is 12.0 Å². The Hall–Kier alpha value is -1.88. The fourth-order valence-corrected chi connectivity index (χ4v) is 2.75. The highest BCUT2D eigenvalue weighted by molar-refractivity contribution is 7.11. The molecule has 0 fully saturated rings. The molecule has 0 aliphatic rings. The third kappa shape index (κ3) is 4.04. The largest absolute Gasteiger partial charge is 0.490 e. The van der Waals surface area contributed by atoms with E-state index in [1.807, 2.05) is 45.9 Å². The Morgan fingerprint density at radius 1 is 1.33 bits per heavy atom. The van der Waals surface area contributed by atoms with Crippen LogP contribution in [0, 0.1) is 13.8 Å². The number of carbonyl (C=O) groups is 1. The van der Waals surface area contributed by atoms with Crippen LogP contribution in [0.3, 0.4) is 0 Å². The molecule has 4 nitrogen and oxygen atoms in total. The van der Waals surface area contributed by atoms with E-state index in [0.717, 1.165) is 10.7 Å². The summed E-state index contributed by atoms with van der Waals surface area (Å²) in [5.41, 5.74) is 1.57. The van der Waals surface area contributed by atoms with Gasteiger partial charge < -0.3 is 10.1 Å². The number of nitrogens with zero attached hydrogens (tertiary/aromatic N) is 1. The summed E-state index contributed by atoms with van der Waals surface area (Å²) in [6.45, 7) is 8.33. The molecule has 2 aromatic rings. The van der Waals surface area contributed by atoms with Crippen LogP contribution in [0.2, 0.25) is 0 Å². The molecule has 0 saturated heterocycles. The van der Waals surface area contributed by atoms with Gasteiger partial charge >= 0.3 is 0 Å². The van der Waals surface area contributed by atoms with Crippen molar-refractivity contribution in [3.63, 3.8) is 0 Å². The summed E-state index contributed by atoms with van der Waals surface area (Å²) >= 11 is 1.61.